The molecular formula is C14H15FN2O. The van der Waals surface area contributed by atoms with E-state index in [9.17, 15) is 9.18 Å². The quantitative estimate of drug-likeness (QED) is 0.778. The number of nitrogens with zero attached hydrogens (tertiary/aromatic N) is 2. The zero-order valence-electron chi connectivity index (χ0n) is 10.6. The Balaban J connectivity index is 2.51. The maximum absolute atomic E-state index is 14.0. The van der Waals surface area contributed by atoms with E-state index in [1.54, 1.807) is 29.1 Å². The third-order valence-electron chi connectivity index (χ3n) is 2.80. The summed E-state index contributed by atoms with van der Waals surface area (Å²) in [6.07, 6.45) is 3.37. The number of hydrogen-bond donors (Lipinski definition) is 0. The van der Waals surface area contributed by atoms with Gasteiger partial charge in [0.15, 0.2) is 5.78 Å². The van der Waals surface area contributed by atoms with E-state index >= 15 is 0 Å². The second-order valence-electron chi connectivity index (χ2n) is 4.53. The lowest BCUT2D eigenvalue weighted by Crippen LogP contribution is -2.05. The molecule has 0 bridgehead atoms. The van der Waals surface area contributed by atoms with E-state index in [1.807, 2.05) is 13.8 Å². The molecule has 0 N–H and O–H groups in total. The minimum atomic E-state index is -0.414. The Kier molecular flexibility index (Phi) is 3.28. The Hall–Kier alpha value is -1.97. The SMILES string of the molecule is CC(=O)c1ccc(-n2ccnc2C(C)C)c(F)c1. The number of halogens is 1. The third kappa shape index (κ3) is 2.18. The van der Waals surface area contributed by atoms with Gasteiger partial charge in [-0.05, 0) is 25.1 Å². The number of imidazole rings is 1. The van der Waals surface area contributed by atoms with E-state index < -0.39 is 5.82 Å². The summed E-state index contributed by atoms with van der Waals surface area (Å²) in [6, 6.07) is 4.51. The van der Waals surface area contributed by atoms with Gasteiger partial charge in [0.2, 0.25) is 0 Å². The summed E-state index contributed by atoms with van der Waals surface area (Å²) < 4.78 is 15.7. The molecule has 3 nitrogen and oxygen atoms in total. The predicted molar refractivity (Wildman–Crippen MR) is 67.6 cm³/mol. The summed E-state index contributed by atoms with van der Waals surface area (Å²) in [5, 5.41) is 0. The molecule has 1 aromatic carbocycles. The molecule has 0 fully saturated rings. The second-order valence-corrected chi connectivity index (χ2v) is 4.53. The van der Waals surface area contributed by atoms with Gasteiger partial charge in [0.1, 0.15) is 11.6 Å². The Morgan fingerprint density at radius 2 is 2.11 bits per heavy atom. The number of rotatable bonds is 3. The van der Waals surface area contributed by atoms with E-state index in [4.69, 9.17) is 0 Å². The highest BCUT2D eigenvalue weighted by Crippen LogP contribution is 2.21. The first-order chi connectivity index (χ1) is 8.50. The summed E-state index contributed by atoms with van der Waals surface area (Å²) >= 11 is 0. The highest BCUT2D eigenvalue weighted by atomic mass is 19.1. The van der Waals surface area contributed by atoms with E-state index in [2.05, 4.69) is 4.98 Å². The van der Waals surface area contributed by atoms with Gasteiger partial charge >= 0.3 is 0 Å². The molecule has 0 saturated carbocycles. The van der Waals surface area contributed by atoms with Crippen LogP contribution in [0, 0.1) is 5.82 Å². The molecule has 0 aliphatic heterocycles. The number of aromatic nitrogens is 2. The molecule has 0 aliphatic rings. The van der Waals surface area contributed by atoms with Gasteiger partial charge in [0.25, 0.3) is 0 Å². The van der Waals surface area contributed by atoms with E-state index in [0.29, 0.717) is 11.3 Å². The summed E-state index contributed by atoms with van der Waals surface area (Å²) in [4.78, 5) is 15.4. The van der Waals surface area contributed by atoms with Gasteiger partial charge in [0, 0.05) is 23.9 Å². The normalized spacial score (nSPS) is 10.9. The van der Waals surface area contributed by atoms with Gasteiger partial charge in [-0.15, -0.1) is 0 Å². The third-order valence-corrected chi connectivity index (χ3v) is 2.80. The van der Waals surface area contributed by atoms with E-state index in [0.717, 1.165) is 5.82 Å². The van der Waals surface area contributed by atoms with Crippen LogP contribution in [-0.2, 0) is 0 Å². The first-order valence-electron chi connectivity index (χ1n) is 5.85. The summed E-state index contributed by atoms with van der Waals surface area (Å²) in [6.45, 7) is 5.42. The van der Waals surface area contributed by atoms with Crippen LogP contribution < -0.4 is 0 Å². The summed E-state index contributed by atoms with van der Waals surface area (Å²) in [5.74, 6) is 0.439. The monoisotopic (exact) mass is 246 g/mol. The molecule has 0 unspecified atom stereocenters. The number of benzene rings is 1. The van der Waals surface area contributed by atoms with Crippen molar-refractivity contribution in [1.29, 1.82) is 0 Å². The molecule has 18 heavy (non-hydrogen) atoms. The Morgan fingerprint density at radius 1 is 1.39 bits per heavy atom. The Morgan fingerprint density at radius 3 is 2.67 bits per heavy atom. The fraction of sp³-hybridized carbons (Fsp3) is 0.286. The molecule has 2 aromatic rings. The fourth-order valence-electron chi connectivity index (χ4n) is 1.87. The molecule has 0 spiro atoms. The molecule has 0 atom stereocenters. The molecule has 1 heterocycles. The van der Waals surface area contributed by atoms with Crippen molar-refractivity contribution < 1.29 is 9.18 Å². The van der Waals surface area contributed by atoms with E-state index in [1.165, 1.54) is 13.0 Å². The predicted octanol–water partition coefficient (Wildman–Crippen LogP) is 3.34. The van der Waals surface area contributed by atoms with Crippen LogP contribution in [0.1, 0.15) is 42.9 Å². The molecule has 0 amide bonds. The molecule has 0 saturated heterocycles. The van der Waals surface area contributed by atoms with Crippen molar-refractivity contribution in [2.24, 2.45) is 0 Å². The van der Waals surface area contributed by atoms with Gasteiger partial charge < -0.3 is 4.57 Å². The first kappa shape index (κ1) is 12.5. The molecule has 94 valence electrons. The highest BCUT2D eigenvalue weighted by molar-refractivity contribution is 5.94. The maximum atomic E-state index is 14.0. The molecule has 2 rings (SSSR count). The van der Waals surface area contributed by atoms with Crippen molar-refractivity contribution in [2.75, 3.05) is 0 Å². The standard InChI is InChI=1S/C14H15FN2O/c1-9(2)14-16-6-7-17(14)13-5-4-11(10(3)18)8-12(13)15/h4-9H,1-3H3. The lowest BCUT2D eigenvalue weighted by molar-refractivity contribution is 0.101. The van der Waals surface area contributed by atoms with Gasteiger partial charge in [-0.3, -0.25) is 4.79 Å². The van der Waals surface area contributed by atoms with Crippen molar-refractivity contribution in [1.82, 2.24) is 9.55 Å². The first-order valence-corrected chi connectivity index (χ1v) is 5.85. The van der Waals surface area contributed by atoms with Gasteiger partial charge in [0.05, 0.1) is 5.69 Å². The van der Waals surface area contributed by atoms with Crippen LogP contribution in [0.2, 0.25) is 0 Å². The smallest absolute Gasteiger partial charge is 0.159 e. The van der Waals surface area contributed by atoms with Crippen LogP contribution in [0.25, 0.3) is 5.69 Å². The number of ketones is 1. The fourth-order valence-corrected chi connectivity index (χ4v) is 1.87. The Bertz CT molecular complexity index is 587. The topological polar surface area (TPSA) is 34.9 Å². The molecule has 1 aromatic heterocycles. The second kappa shape index (κ2) is 4.72. The van der Waals surface area contributed by atoms with Crippen LogP contribution in [-0.4, -0.2) is 15.3 Å². The number of Topliss-reactive ketones (excluding diaryl/α,β-unsaturated/α-hetero) is 1. The average molecular weight is 246 g/mol. The van der Waals surface area contributed by atoms with Crippen LogP contribution in [0.3, 0.4) is 0 Å². The number of hydrogen-bond acceptors (Lipinski definition) is 2. The van der Waals surface area contributed by atoms with Crippen molar-refractivity contribution in [3.8, 4) is 5.69 Å². The maximum Gasteiger partial charge on any atom is 0.159 e. The minimum absolute atomic E-state index is 0.143. The van der Waals surface area contributed by atoms with Crippen molar-refractivity contribution in [2.45, 2.75) is 26.7 Å². The van der Waals surface area contributed by atoms with Gasteiger partial charge in [-0.25, -0.2) is 9.37 Å². The van der Waals surface area contributed by atoms with Gasteiger partial charge in [-0.1, -0.05) is 13.8 Å². The van der Waals surface area contributed by atoms with Crippen molar-refractivity contribution in [3.63, 3.8) is 0 Å². The molecule has 0 aliphatic carbocycles. The lowest BCUT2D eigenvalue weighted by Gasteiger charge is -2.11. The highest BCUT2D eigenvalue weighted by Gasteiger charge is 2.13. The summed E-state index contributed by atoms with van der Waals surface area (Å²) in [7, 11) is 0. The molecular weight excluding hydrogens is 231 g/mol. The largest absolute Gasteiger partial charge is 0.301 e. The number of carbonyl (C=O) groups excluding carboxylic acids is 1. The van der Waals surface area contributed by atoms with Crippen LogP contribution in [0.4, 0.5) is 4.39 Å². The van der Waals surface area contributed by atoms with Gasteiger partial charge in [-0.2, -0.15) is 0 Å². The van der Waals surface area contributed by atoms with Crippen LogP contribution in [0.15, 0.2) is 30.6 Å². The minimum Gasteiger partial charge on any atom is -0.301 e. The number of carbonyl (C=O) groups is 1. The summed E-state index contributed by atoms with van der Waals surface area (Å²) in [5.41, 5.74) is 0.795. The lowest BCUT2D eigenvalue weighted by atomic mass is 10.1. The zero-order valence-corrected chi connectivity index (χ0v) is 10.6. The molecule has 4 heteroatoms. The van der Waals surface area contributed by atoms with E-state index in [-0.39, 0.29) is 11.7 Å². The Labute approximate surface area is 105 Å². The zero-order chi connectivity index (χ0) is 13.3. The molecule has 0 radical (unpaired) electrons. The van der Waals surface area contributed by atoms with Crippen LogP contribution >= 0.6 is 0 Å². The average Bonchev–Trinajstić information content (AvgIpc) is 2.77. The van der Waals surface area contributed by atoms with Crippen LogP contribution in [0.5, 0.6) is 0 Å². The van der Waals surface area contributed by atoms with Crippen molar-refractivity contribution >= 4 is 5.78 Å². The van der Waals surface area contributed by atoms with Crippen molar-refractivity contribution in [3.05, 3.63) is 47.8 Å².